The van der Waals surface area contributed by atoms with Gasteiger partial charge in [0.1, 0.15) is 17.1 Å². The molecule has 0 spiro atoms. The maximum Gasteiger partial charge on any atom is 0.245 e. The summed E-state index contributed by atoms with van der Waals surface area (Å²) in [6.07, 6.45) is 1.95. The molecule has 130 valence electrons. The van der Waals surface area contributed by atoms with Crippen LogP contribution in [0.3, 0.4) is 0 Å². The maximum absolute atomic E-state index is 12.5. The van der Waals surface area contributed by atoms with E-state index in [0.29, 0.717) is 31.9 Å². The van der Waals surface area contributed by atoms with Gasteiger partial charge in [-0.05, 0) is 48.7 Å². The average molecular weight is 339 g/mol. The lowest BCUT2D eigenvalue weighted by molar-refractivity contribution is -0.124. The molecule has 6 nitrogen and oxygen atoms in total. The molecule has 0 saturated carbocycles. The fraction of sp³-hybridized carbons (Fsp3) is 0.368. The number of carbonyl (C=O) groups excluding carboxylic acids is 1. The van der Waals surface area contributed by atoms with Crippen molar-refractivity contribution < 1.29 is 14.3 Å². The van der Waals surface area contributed by atoms with Crippen LogP contribution in [0.1, 0.15) is 18.4 Å². The molecule has 0 aliphatic carbocycles. The largest absolute Gasteiger partial charge is 0.493 e. The quantitative estimate of drug-likeness (QED) is 0.895. The second kappa shape index (κ2) is 6.46. The number of rotatable bonds is 3. The number of hydrogen-bond acceptors (Lipinski definition) is 5. The van der Waals surface area contributed by atoms with Crippen molar-refractivity contribution in [2.24, 2.45) is 5.73 Å². The molecule has 3 N–H and O–H groups in total. The van der Waals surface area contributed by atoms with Crippen LogP contribution in [-0.4, -0.2) is 36.3 Å². The number of pyridine rings is 1. The fourth-order valence-corrected chi connectivity index (χ4v) is 3.21. The van der Waals surface area contributed by atoms with Crippen molar-refractivity contribution in [3.8, 4) is 17.0 Å². The minimum atomic E-state index is -0.888. The van der Waals surface area contributed by atoms with Crippen LogP contribution in [0.15, 0.2) is 36.4 Å². The Balaban J connectivity index is 1.54. The molecule has 0 atom stereocenters. The van der Waals surface area contributed by atoms with E-state index in [-0.39, 0.29) is 5.91 Å². The number of ether oxygens (including phenoxy) is 2. The van der Waals surface area contributed by atoms with Crippen LogP contribution in [-0.2, 0) is 16.0 Å². The van der Waals surface area contributed by atoms with Crippen molar-refractivity contribution in [1.29, 1.82) is 0 Å². The molecular weight excluding hydrogens is 318 g/mol. The van der Waals surface area contributed by atoms with Crippen LogP contribution >= 0.6 is 0 Å². The number of carbonyl (C=O) groups is 1. The van der Waals surface area contributed by atoms with Crippen molar-refractivity contribution in [2.45, 2.75) is 24.8 Å². The van der Waals surface area contributed by atoms with Crippen molar-refractivity contribution in [2.75, 3.05) is 25.1 Å². The van der Waals surface area contributed by atoms with E-state index in [4.69, 9.17) is 15.2 Å². The summed E-state index contributed by atoms with van der Waals surface area (Å²) in [6, 6.07) is 11.6. The zero-order valence-corrected chi connectivity index (χ0v) is 14.0. The minimum Gasteiger partial charge on any atom is -0.493 e. The summed E-state index contributed by atoms with van der Waals surface area (Å²) in [7, 11) is 0. The molecular formula is C19H21N3O3. The number of amides is 1. The van der Waals surface area contributed by atoms with Crippen molar-refractivity contribution in [3.63, 3.8) is 0 Å². The first-order chi connectivity index (χ1) is 12.1. The maximum atomic E-state index is 12.5. The Morgan fingerprint density at radius 1 is 1.16 bits per heavy atom. The lowest BCUT2D eigenvalue weighted by Crippen LogP contribution is -2.54. The van der Waals surface area contributed by atoms with Gasteiger partial charge in [-0.3, -0.25) is 4.79 Å². The molecule has 2 aliphatic rings. The molecule has 4 rings (SSSR count). The van der Waals surface area contributed by atoms with E-state index in [1.807, 2.05) is 24.3 Å². The third-order valence-electron chi connectivity index (χ3n) is 4.81. The number of hydrogen-bond donors (Lipinski definition) is 2. The third-order valence-corrected chi connectivity index (χ3v) is 4.81. The van der Waals surface area contributed by atoms with Gasteiger partial charge >= 0.3 is 0 Å². The first-order valence-electron chi connectivity index (χ1n) is 8.55. The first-order valence-corrected chi connectivity index (χ1v) is 8.55. The van der Waals surface area contributed by atoms with Gasteiger partial charge in [0.05, 0.1) is 12.3 Å². The highest BCUT2D eigenvalue weighted by atomic mass is 16.5. The summed E-state index contributed by atoms with van der Waals surface area (Å²) in [4.78, 5) is 17.1. The van der Waals surface area contributed by atoms with Gasteiger partial charge in [-0.25, -0.2) is 4.98 Å². The number of aromatic nitrogens is 1. The number of benzene rings is 1. The summed E-state index contributed by atoms with van der Waals surface area (Å²) in [5.74, 6) is 1.25. The summed E-state index contributed by atoms with van der Waals surface area (Å²) >= 11 is 0. The van der Waals surface area contributed by atoms with Gasteiger partial charge in [0, 0.05) is 25.2 Å². The Morgan fingerprint density at radius 2 is 2.00 bits per heavy atom. The third kappa shape index (κ3) is 3.23. The molecule has 1 aromatic carbocycles. The number of fused-ring (bicyclic) bond motifs is 1. The highest BCUT2D eigenvalue weighted by Gasteiger charge is 2.36. The van der Waals surface area contributed by atoms with Crippen molar-refractivity contribution >= 4 is 11.7 Å². The van der Waals surface area contributed by atoms with E-state index in [9.17, 15) is 4.79 Å². The van der Waals surface area contributed by atoms with E-state index < -0.39 is 5.54 Å². The molecule has 1 aromatic heterocycles. The van der Waals surface area contributed by atoms with E-state index in [1.54, 1.807) is 6.07 Å². The topological polar surface area (TPSA) is 86.5 Å². The van der Waals surface area contributed by atoms with Gasteiger partial charge < -0.3 is 20.5 Å². The van der Waals surface area contributed by atoms with E-state index in [1.165, 1.54) is 5.56 Å². The van der Waals surface area contributed by atoms with E-state index in [0.717, 1.165) is 30.0 Å². The zero-order chi connectivity index (χ0) is 17.3. The minimum absolute atomic E-state index is 0.206. The summed E-state index contributed by atoms with van der Waals surface area (Å²) in [6.45, 7) is 1.74. The molecule has 3 heterocycles. The van der Waals surface area contributed by atoms with Crippen LogP contribution in [0, 0.1) is 0 Å². The van der Waals surface area contributed by atoms with Crippen LogP contribution in [0.25, 0.3) is 11.3 Å². The van der Waals surface area contributed by atoms with Crippen molar-refractivity contribution in [3.05, 3.63) is 42.0 Å². The van der Waals surface area contributed by atoms with Gasteiger partial charge in [0.2, 0.25) is 5.91 Å². The lowest BCUT2D eigenvalue weighted by Gasteiger charge is -2.31. The molecule has 1 amide bonds. The highest BCUT2D eigenvalue weighted by Crippen LogP contribution is 2.30. The Labute approximate surface area is 146 Å². The highest BCUT2D eigenvalue weighted by molar-refractivity contribution is 5.97. The molecule has 0 radical (unpaired) electrons. The van der Waals surface area contributed by atoms with Gasteiger partial charge in [0.15, 0.2) is 0 Å². The van der Waals surface area contributed by atoms with Gasteiger partial charge in [-0.15, -0.1) is 0 Å². The molecule has 2 aliphatic heterocycles. The molecule has 25 heavy (non-hydrogen) atoms. The Bertz CT molecular complexity index is 800. The number of nitrogens with one attached hydrogen (secondary N) is 1. The number of anilines is 1. The summed E-state index contributed by atoms with van der Waals surface area (Å²) in [5.41, 5.74) is 8.35. The van der Waals surface area contributed by atoms with E-state index in [2.05, 4.69) is 16.4 Å². The van der Waals surface area contributed by atoms with Crippen LogP contribution < -0.4 is 15.8 Å². The predicted octanol–water partition coefficient (Wildman–Crippen LogP) is 2.13. The smallest absolute Gasteiger partial charge is 0.245 e. The Kier molecular flexibility index (Phi) is 4.15. The lowest BCUT2D eigenvalue weighted by atomic mass is 9.90. The monoisotopic (exact) mass is 339 g/mol. The molecule has 1 fully saturated rings. The molecule has 1 saturated heterocycles. The average Bonchev–Trinajstić information content (AvgIpc) is 3.10. The summed E-state index contributed by atoms with van der Waals surface area (Å²) < 4.78 is 10.8. The fourth-order valence-electron chi connectivity index (χ4n) is 3.21. The number of nitrogens with two attached hydrogens (primary N) is 1. The van der Waals surface area contributed by atoms with Crippen LogP contribution in [0.2, 0.25) is 0 Å². The second-order valence-corrected chi connectivity index (χ2v) is 6.55. The normalized spacial score (nSPS) is 18.3. The van der Waals surface area contributed by atoms with Gasteiger partial charge in [0.25, 0.3) is 0 Å². The molecule has 0 unspecified atom stereocenters. The molecule has 0 bridgehead atoms. The Hall–Kier alpha value is -2.44. The standard InChI is InChI=1S/C19H21N3O3/c20-19(7-10-24-11-8-19)18(23)22-17-3-1-2-15(21-17)13-4-5-16-14(12-13)6-9-25-16/h1-5,12H,6-11,20H2,(H,21,22,23). The van der Waals surface area contributed by atoms with Crippen LogP contribution in [0.4, 0.5) is 5.82 Å². The summed E-state index contributed by atoms with van der Waals surface area (Å²) in [5, 5.41) is 2.86. The van der Waals surface area contributed by atoms with E-state index >= 15 is 0 Å². The van der Waals surface area contributed by atoms with Gasteiger partial charge in [-0.1, -0.05) is 6.07 Å². The van der Waals surface area contributed by atoms with Gasteiger partial charge in [-0.2, -0.15) is 0 Å². The second-order valence-electron chi connectivity index (χ2n) is 6.55. The van der Waals surface area contributed by atoms with Crippen molar-refractivity contribution in [1.82, 2.24) is 4.98 Å². The van der Waals surface area contributed by atoms with Crippen LogP contribution in [0.5, 0.6) is 5.75 Å². The molecule has 6 heteroatoms. The Morgan fingerprint density at radius 3 is 2.84 bits per heavy atom. The SMILES string of the molecule is NC1(C(=O)Nc2cccc(-c3ccc4c(c3)CCO4)n2)CCOCC1. The number of nitrogens with zero attached hydrogens (tertiary/aromatic N) is 1. The predicted molar refractivity (Wildman–Crippen MR) is 94.5 cm³/mol. The zero-order valence-electron chi connectivity index (χ0n) is 14.0. The molecule has 2 aromatic rings. The first kappa shape index (κ1) is 16.1.